The molecule has 2 N–H and O–H groups in total. The molecule has 2 aromatic carbocycles. The van der Waals surface area contributed by atoms with E-state index in [9.17, 15) is 4.79 Å². The molecule has 2 amide bonds. The zero-order valence-corrected chi connectivity index (χ0v) is 15.8. The molecule has 0 aliphatic rings. The van der Waals surface area contributed by atoms with E-state index in [1.165, 1.54) is 0 Å². The molecule has 0 bridgehead atoms. The van der Waals surface area contributed by atoms with Gasteiger partial charge in [0.25, 0.3) is 0 Å². The second-order valence-corrected chi connectivity index (χ2v) is 5.91. The molecule has 0 saturated carbocycles. The minimum absolute atomic E-state index is 0.297. The third-order valence-corrected chi connectivity index (χ3v) is 4.23. The van der Waals surface area contributed by atoms with E-state index >= 15 is 0 Å². The molecule has 0 aromatic heterocycles. The monoisotopic (exact) mass is 378 g/mol. The topological polar surface area (TPSA) is 68.8 Å². The first-order valence-electron chi connectivity index (χ1n) is 8.08. The maximum Gasteiger partial charge on any atom is 0.315 e. The highest BCUT2D eigenvalue weighted by Crippen LogP contribution is 2.27. The molecule has 0 spiro atoms. The van der Waals surface area contributed by atoms with Gasteiger partial charge in [-0.15, -0.1) is 0 Å². The second-order valence-electron chi connectivity index (χ2n) is 5.50. The molecule has 0 aliphatic carbocycles. The molecule has 2 aromatic rings. The van der Waals surface area contributed by atoms with Gasteiger partial charge in [0, 0.05) is 30.8 Å². The third kappa shape index (κ3) is 5.28. The van der Waals surface area contributed by atoms with Crippen LogP contribution >= 0.6 is 11.6 Å². The summed E-state index contributed by atoms with van der Waals surface area (Å²) in [6.45, 7) is 0.661. The predicted octanol–water partition coefficient (Wildman–Crippen LogP) is 3.54. The number of methoxy groups -OCH3 is 3. The molecule has 7 heteroatoms. The summed E-state index contributed by atoms with van der Waals surface area (Å²) < 4.78 is 15.9. The third-order valence-electron chi connectivity index (χ3n) is 3.89. The highest BCUT2D eigenvalue weighted by atomic mass is 35.5. The Balaban J connectivity index is 1.88. The van der Waals surface area contributed by atoms with Gasteiger partial charge in [-0.2, -0.15) is 0 Å². The Morgan fingerprint density at radius 2 is 1.77 bits per heavy atom. The lowest BCUT2D eigenvalue weighted by atomic mass is 10.1. The number of carbonyl (C=O) groups excluding carboxylic acids is 1. The number of urea groups is 1. The van der Waals surface area contributed by atoms with E-state index in [1.807, 2.05) is 30.3 Å². The second kappa shape index (κ2) is 9.89. The van der Waals surface area contributed by atoms with Gasteiger partial charge in [0.15, 0.2) is 11.5 Å². The van der Waals surface area contributed by atoms with Gasteiger partial charge in [-0.05, 0) is 23.8 Å². The van der Waals surface area contributed by atoms with Crippen molar-refractivity contribution in [1.82, 2.24) is 10.6 Å². The molecule has 0 heterocycles. The zero-order chi connectivity index (χ0) is 18.9. The van der Waals surface area contributed by atoms with Crippen LogP contribution in [0.25, 0.3) is 0 Å². The molecule has 1 unspecified atom stereocenters. The molecular formula is C19H23ClN2O4. The van der Waals surface area contributed by atoms with Crippen LogP contribution in [0.2, 0.25) is 5.02 Å². The summed E-state index contributed by atoms with van der Waals surface area (Å²) in [6.07, 6.45) is -0.324. The summed E-state index contributed by atoms with van der Waals surface area (Å²) in [7, 11) is 4.73. The standard InChI is InChI=1S/C19H23ClN2O4/c1-24-16-9-8-13(10-17(16)25-2)11-21-19(23)22-12-18(26-3)14-6-4-5-7-15(14)20/h4-10,18H,11-12H2,1-3H3,(H2,21,22,23). The molecule has 0 fully saturated rings. The quantitative estimate of drug-likeness (QED) is 0.737. The summed E-state index contributed by atoms with van der Waals surface area (Å²) in [5.41, 5.74) is 1.73. The van der Waals surface area contributed by atoms with E-state index in [0.717, 1.165) is 11.1 Å². The van der Waals surface area contributed by atoms with Crippen molar-refractivity contribution in [3.05, 3.63) is 58.6 Å². The number of benzene rings is 2. The van der Waals surface area contributed by atoms with Crippen LogP contribution in [0.4, 0.5) is 4.79 Å². The summed E-state index contributed by atoms with van der Waals surface area (Å²) in [5.74, 6) is 1.26. The van der Waals surface area contributed by atoms with E-state index in [4.69, 9.17) is 25.8 Å². The Hall–Kier alpha value is -2.44. The predicted molar refractivity (Wildman–Crippen MR) is 101 cm³/mol. The summed E-state index contributed by atoms with van der Waals surface area (Å²) in [6, 6.07) is 12.6. The van der Waals surface area contributed by atoms with Gasteiger partial charge in [0.1, 0.15) is 6.10 Å². The van der Waals surface area contributed by atoms with Gasteiger partial charge in [-0.3, -0.25) is 0 Å². The number of hydrogen-bond acceptors (Lipinski definition) is 4. The van der Waals surface area contributed by atoms with Gasteiger partial charge in [-0.25, -0.2) is 4.79 Å². The van der Waals surface area contributed by atoms with Crippen LogP contribution < -0.4 is 20.1 Å². The van der Waals surface area contributed by atoms with Crippen LogP contribution in [0.15, 0.2) is 42.5 Å². The van der Waals surface area contributed by atoms with Gasteiger partial charge < -0.3 is 24.8 Å². The van der Waals surface area contributed by atoms with Crippen molar-refractivity contribution >= 4 is 17.6 Å². The number of ether oxygens (including phenoxy) is 3. The number of rotatable bonds is 8. The fraction of sp³-hybridized carbons (Fsp3) is 0.316. The van der Waals surface area contributed by atoms with Crippen LogP contribution in [-0.4, -0.2) is 33.9 Å². The summed E-state index contributed by atoms with van der Waals surface area (Å²) in [4.78, 5) is 12.1. The molecule has 0 radical (unpaired) electrons. The highest BCUT2D eigenvalue weighted by molar-refractivity contribution is 6.31. The van der Waals surface area contributed by atoms with Crippen molar-refractivity contribution in [2.45, 2.75) is 12.6 Å². The molecule has 2 rings (SSSR count). The van der Waals surface area contributed by atoms with Crippen LogP contribution in [0.3, 0.4) is 0 Å². The molecule has 140 valence electrons. The Bertz CT molecular complexity index is 739. The summed E-state index contributed by atoms with van der Waals surface area (Å²) in [5, 5.41) is 6.19. The van der Waals surface area contributed by atoms with Crippen LogP contribution in [0.5, 0.6) is 11.5 Å². The number of hydrogen-bond donors (Lipinski definition) is 2. The van der Waals surface area contributed by atoms with Crippen LogP contribution in [-0.2, 0) is 11.3 Å². The smallest absolute Gasteiger partial charge is 0.315 e. The fourth-order valence-electron chi connectivity index (χ4n) is 2.48. The van der Waals surface area contributed by atoms with Crippen molar-refractivity contribution in [3.63, 3.8) is 0 Å². The normalized spacial score (nSPS) is 11.5. The molecule has 0 aliphatic heterocycles. The van der Waals surface area contributed by atoms with Crippen molar-refractivity contribution in [3.8, 4) is 11.5 Å². The zero-order valence-electron chi connectivity index (χ0n) is 15.0. The largest absolute Gasteiger partial charge is 0.493 e. The van der Waals surface area contributed by atoms with Gasteiger partial charge in [0.05, 0.1) is 14.2 Å². The Labute approximate surface area is 158 Å². The number of nitrogens with one attached hydrogen (secondary N) is 2. The Morgan fingerprint density at radius 3 is 2.42 bits per heavy atom. The number of halogens is 1. The van der Waals surface area contributed by atoms with Crippen molar-refractivity contribution < 1.29 is 19.0 Å². The van der Waals surface area contributed by atoms with Gasteiger partial charge >= 0.3 is 6.03 Å². The Morgan fingerprint density at radius 1 is 1.04 bits per heavy atom. The first-order chi connectivity index (χ1) is 12.6. The minimum Gasteiger partial charge on any atom is -0.493 e. The molecule has 0 saturated heterocycles. The van der Waals surface area contributed by atoms with Crippen LogP contribution in [0, 0.1) is 0 Å². The van der Waals surface area contributed by atoms with Gasteiger partial charge in [0.2, 0.25) is 0 Å². The maximum absolute atomic E-state index is 12.1. The lowest BCUT2D eigenvalue weighted by molar-refractivity contribution is 0.104. The minimum atomic E-state index is -0.324. The molecule has 26 heavy (non-hydrogen) atoms. The lowest BCUT2D eigenvalue weighted by Crippen LogP contribution is -2.37. The average molecular weight is 379 g/mol. The molecular weight excluding hydrogens is 356 g/mol. The van der Waals surface area contributed by atoms with Crippen LogP contribution in [0.1, 0.15) is 17.2 Å². The molecule has 6 nitrogen and oxygen atoms in total. The average Bonchev–Trinajstić information content (AvgIpc) is 2.67. The van der Waals surface area contributed by atoms with E-state index < -0.39 is 0 Å². The highest BCUT2D eigenvalue weighted by Gasteiger charge is 2.15. The van der Waals surface area contributed by atoms with Crippen molar-refractivity contribution in [2.24, 2.45) is 0 Å². The lowest BCUT2D eigenvalue weighted by Gasteiger charge is -2.18. The maximum atomic E-state index is 12.1. The fourth-order valence-corrected chi connectivity index (χ4v) is 2.73. The molecule has 1 atom stereocenters. The van der Waals surface area contributed by atoms with Crippen molar-refractivity contribution in [1.29, 1.82) is 0 Å². The first-order valence-corrected chi connectivity index (χ1v) is 8.46. The van der Waals surface area contributed by atoms with E-state index in [1.54, 1.807) is 33.5 Å². The van der Waals surface area contributed by atoms with E-state index in [0.29, 0.717) is 29.6 Å². The van der Waals surface area contributed by atoms with E-state index in [-0.39, 0.29) is 12.1 Å². The Kier molecular flexibility index (Phi) is 7.56. The summed E-state index contributed by atoms with van der Waals surface area (Å²) >= 11 is 6.18. The van der Waals surface area contributed by atoms with Gasteiger partial charge in [-0.1, -0.05) is 35.9 Å². The first kappa shape index (κ1) is 19.9. The SMILES string of the molecule is COc1ccc(CNC(=O)NCC(OC)c2ccccc2Cl)cc1OC. The van der Waals surface area contributed by atoms with Crippen molar-refractivity contribution in [2.75, 3.05) is 27.9 Å². The number of carbonyl (C=O) groups is 1. The number of amides is 2. The van der Waals surface area contributed by atoms with E-state index in [2.05, 4.69) is 10.6 Å².